The van der Waals surface area contributed by atoms with Crippen molar-refractivity contribution in [3.8, 4) is 0 Å². The number of aryl methyl sites for hydroxylation is 1. The van der Waals surface area contributed by atoms with Crippen molar-refractivity contribution in [1.29, 1.82) is 0 Å². The van der Waals surface area contributed by atoms with Gasteiger partial charge in [0.25, 0.3) is 0 Å². The van der Waals surface area contributed by atoms with Crippen LogP contribution in [0.1, 0.15) is 25.3 Å². The second-order valence-electron chi connectivity index (χ2n) is 5.19. The van der Waals surface area contributed by atoms with E-state index in [4.69, 9.17) is 11.6 Å². The highest BCUT2D eigenvalue weighted by molar-refractivity contribution is 6.31. The Balaban J connectivity index is 1.91. The van der Waals surface area contributed by atoms with Gasteiger partial charge in [-0.1, -0.05) is 17.2 Å². The third-order valence-electron chi connectivity index (χ3n) is 3.48. The Labute approximate surface area is 123 Å². The van der Waals surface area contributed by atoms with Crippen LogP contribution in [-0.4, -0.2) is 10.7 Å². The lowest BCUT2D eigenvalue weighted by Crippen LogP contribution is -1.98. The predicted octanol–water partition coefficient (Wildman–Crippen LogP) is 4.70. The zero-order chi connectivity index (χ0) is 14.1. The summed E-state index contributed by atoms with van der Waals surface area (Å²) in [5.74, 6) is 0.766. The van der Waals surface area contributed by atoms with E-state index in [1.54, 1.807) is 0 Å². The van der Waals surface area contributed by atoms with Gasteiger partial charge in [-0.15, -0.1) is 0 Å². The van der Waals surface area contributed by atoms with Crippen LogP contribution in [0.15, 0.2) is 41.0 Å². The van der Waals surface area contributed by atoms with Crippen LogP contribution >= 0.6 is 11.6 Å². The molecule has 1 N–H and O–H groups in total. The van der Waals surface area contributed by atoms with Crippen molar-refractivity contribution in [1.82, 2.24) is 4.98 Å². The fraction of sp³-hybridized carbons (Fsp3) is 0.250. The zero-order valence-corrected chi connectivity index (χ0v) is 12.3. The fourth-order valence-electron chi connectivity index (χ4n) is 2.40. The maximum Gasteiger partial charge on any atom is 0.147 e. The summed E-state index contributed by atoms with van der Waals surface area (Å²) in [7, 11) is 0. The zero-order valence-electron chi connectivity index (χ0n) is 11.6. The van der Waals surface area contributed by atoms with E-state index in [0.717, 1.165) is 45.9 Å². The predicted molar refractivity (Wildman–Crippen MR) is 85.5 cm³/mol. The number of aromatic nitrogens is 1. The first-order valence-corrected chi connectivity index (χ1v) is 7.06. The summed E-state index contributed by atoms with van der Waals surface area (Å²) in [4.78, 5) is 4.56. The Hall–Kier alpha value is -1.87. The lowest BCUT2D eigenvalue weighted by Gasteiger charge is -2.06. The summed E-state index contributed by atoms with van der Waals surface area (Å²) in [6.07, 6.45) is 4.23. The lowest BCUT2D eigenvalue weighted by molar-refractivity contribution is 1.05. The molecular weight excluding hydrogens is 270 g/mol. The van der Waals surface area contributed by atoms with Crippen molar-refractivity contribution in [2.75, 3.05) is 5.43 Å². The van der Waals surface area contributed by atoms with Gasteiger partial charge in [0, 0.05) is 10.4 Å². The van der Waals surface area contributed by atoms with Gasteiger partial charge in [0.1, 0.15) is 5.82 Å². The number of benzene rings is 1. The van der Waals surface area contributed by atoms with Gasteiger partial charge in [-0.3, -0.25) is 5.43 Å². The SMILES string of the molecule is CC1=C/C(=N\Nc2cc(C)c3cc(Cl)ccc3n2)CC1. The average Bonchev–Trinajstić information content (AvgIpc) is 2.83. The topological polar surface area (TPSA) is 37.3 Å². The van der Waals surface area contributed by atoms with E-state index in [0.29, 0.717) is 0 Å². The minimum atomic E-state index is 0.731. The normalized spacial score (nSPS) is 16.8. The molecule has 0 saturated heterocycles. The molecule has 0 bridgehead atoms. The van der Waals surface area contributed by atoms with Gasteiger partial charge < -0.3 is 0 Å². The standard InChI is InChI=1S/C16H16ClN3/c1-10-3-5-13(7-10)19-20-16-8-11(2)14-9-12(17)4-6-15(14)18-16/h4,6-9H,3,5H2,1-2H3,(H,18,20)/b19-13-. The number of anilines is 1. The summed E-state index contributed by atoms with van der Waals surface area (Å²) in [5.41, 5.74) is 7.58. The fourth-order valence-corrected chi connectivity index (χ4v) is 2.57. The molecule has 3 nitrogen and oxygen atoms in total. The van der Waals surface area contributed by atoms with Crippen LogP contribution in [-0.2, 0) is 0 Å². The third-order valence-corrected chi connectivity index (χ3v) is 3.72. The summed E-state index contributed by atoms with van der Waals surface area (Å²) in [5, 5.41) is 6.22. The van der Waals surface area contributed by atoms with Crippen molar-refractivity contribution >= 4 is 34.0 Å². The molecule has 0 aliphatic heterocycles. The molecule has 0 spiro atoms. The molecule has 2 aromatic rings. The van der Waals surface area contributed by atoms with E-state index < -0.39 is 0 Å². The van der Waals surface area contributed by atoms with Crippen molar-refractivity contribution in [2.24, 2.45) is 5.10 Å². The van der Waals surface area contributed by atoms with Crippen LogP contribution in [0.3, 0.4) is 0 Å². The summed E-state index contributed by atoms with van der Waals surface area (Å²) in [6, 6.07) is 7.73. The van der Waals surface area contributed by atoms with E-state index in [9.17, 15) is 0 Å². The molecule has 0 amide bonds. The number of halogens is 1. The van der Waals surface area contributed by atoms with Gasteiger partial charge in [0.15, 0.2) is 0 Å². The molecule has 20 heavy (non-hydrogen) atoms. The van der Waals surface area contributed by atoms with Crippen molar-refractivity contribution in [3.05, 3.63) is 46.5 Å². The molecule has 1 aliphatic rings. The Morgan fingerprint density at radius 3 is 2.80 bits per heavy atom. The van der Waals surface area contributed by atoms with Crippen LogP contribution < -0.4 is 5.43 Å². The van der Waals surface area contributed by atoms with Crippen LogP contribution in [0.2, 0.25) is 5.02 Å². The second-order valence-corrected chi connectivity index (χ2v) is 5.63. The molecule has 0 fully saturated rings. The first-order chi connectivity index (χ1) is 9.61. The van der Waals surface area contributed by atoms with E-state index in [1.165, 1.54) is 5.57 Å². The number of rotatable bonds is 2. The molecule has 0 unspecified atom stereocenters. The molecule has 102 valence electrons. The van der Waals surface area contributed by atoms with Crippen LogP contribution in [0.25, 0.3) is 10.9 Å². The molecular formula is C16H16ClN3. The number of hydrogen-bond donors (Lipinski definition) is 1. The minimum Gasteiger partial charge on any atom is -0.261 e. The van der Waals surface area contributed by atoms with Crippen molar-refractivity contribution in [3.63, 3.8) is 0 Å². The average molecular weight is 286 g/mol. The first kappa shape index (κ1) is 13.1. The van der Waals surface area contributed by atoms with Gasteiger partial charge in [-0.25, -0.2) is 4.98 Å². The highest BCUT2D eigenvalue weighted by Crippen LogP contribution is 2.24. The number of nitrogens with zero attached hydrogens (tertiary/aromatic N) is 2. The van der Waals surface area contributed by atoms with Gasteiger partial charge in [-0.2, -0.15) is 5.10 Å². The smallest absolute Gasteiger partial charge is 0.147 e. The Morgan fingerprint density at radius 2 is 2.05 bits per heavy atom. The first-order valence-electron chi connectivity index (χ1n) is 6.68. The van der Waals surface area contributed by atoms with Gasteiger partial charge >= 0.3 is 0 Å². The lowest BCUT2D eigenvalue weighted by atomic mass is 10.1. The number of hydrazone groups is 1. The minimum absolute atomic E-state index is 0.731. The molecule has 1 aliphatic carbocycles. The van der Waals surface area contributed by atoms with E-state index in [1.807, 2.05) is 24.3 Å². The van der Waals surface area contributed by atoms with E-state index in [-0.39, 0.29) is 0 Å². The Morgan fingerprint density at radius 1 is 1.20 bits per heavy atom. The number of nitrogens with one attached hydrogen (secondary N) is 1. The number of fused-ring (bicyclic) bond motifs is 1. The summed E-state index contributed by atoms with van der Waals surface area (Å²) >= 11 is 6.02. The number of pyridine rings is 1. The van der Waals surface area contributed by atoms with Gasteiger partial charge in [-0.05, 0) is 62.6 Å². The molecule has 0 saturated carbocycles. The third kappa shape index (κ3) is 2.68. The number of hydrogen-bond acceptors (Lipinski definition) is 3. The van der Waals surface area contributed by atoms with Crippen LogP contribution in [0.5, 0.6) is 0 Å². The Bertz CT molecular complexity index is 732. The number of allylic oxidation sites excluding steroid dienone is 2. The molecule has 1 aromatic heterocycles. The van der Waals surface area contributed by atoms with Crippen LogP contribution in [0, 0.1) is 6.92 Å². The Kier molecular flexibility index (Phi) is 3.45. The maximum atomic E-state index is 6.02. The summed E-state index contributed by atoms with van der Waals surface area (Å²) < 4.78 is 0. The second kappa shape index (κ2) is 5.25. The molecule has 1 heterocycles. The molecule has 0 radical (unpaired) electrons. The molecule has 3 rings (SSSR count). The van der Waals surface area contributed by atoms with Gasteiger partial charge in [0.05, 0.1) is 11.2 Å². The van der Waals surface area contributed by atoms with Gasteiger partial charge in [0.2, 0.25) is 0 Å². The highest BCUT2D eigenvalue weighted by Gasteiger charge is 2.07. The van der Waals surface area contributed by atoms with Crippen LogP contribution in [0.4, 0.5) is 5.82 Å². The van der Waals surface area contributed by atoms with E-state index in [2.05, 4.69) is 35.4 Å². The molecule has 4 heteroatoms. The monoisotopic (exact) mass is 285 g/mol. The summed E-state index contributed by atoms with van der Waals surface area (Å²) in [6.45, 7) is 4.18. The largest absolute Gasteiger partial charge is 0.261 e. The highest BCUT2D eigenvalue weighted by atomic mass is 35.5. The van der Waals surface area contributed by atoms with Crippen molar-refractivity contribution < 1.29 is 0 Å². The quantitative estimate of drug-likeness (QED) is 0.812. The maximum absolute atomic E-state index is 6.02. The molecule has 1 aromatic carbocycles. The van der Waals surface area contributed by atoms with Crippen molar-refractivity contribution in [2.45, 2.75) is 26.7 Å². The van der Waals surface area contributed by atoms with E-state index >= 15 is 0 Å². The molecule has 0 atom stereocenters.